The van der Waals surface area contributed by atoms with Crippen molar-refractivity contribution < 1.29 is 9.53 Å². The Bertz CT molecular complexity index is 371. The standard InChI is InChI=1S/C12H16N2O2/c1-8(12(15)14-10-4-5-10)16-11-6-2-9(13)3-7-11/h2-3,6-8,10H,4-5,13H2,1H3,(H,14,15). The fourth-order valence-electron chi connectivity index (χ4n) is 1.35. The molecular weight excluding hydrogens is 204 g/mol. The van der Waals surface area contributed by atoms with Crippen LogP contribution in [0.2, 0.25) is 0 Å². The van der Waals surface area contributed by atoms with Gasteiger partial charge in [-0.2, -0.15) is 0 Å². The molecule has 1 aromatic carbocycles. The van der Waals surface area contributed by atoms with Gasteiger partial charge in [0.15, 0.2) is 6.10 Å². The maximum atomic E-state index is 11.6. The van der Waals surface area contributed by atoms with Gasteiger partial charge in [0.2, 0.25) is 0 Å². The van der Waals surface area contributed by atoms with Gasteiger partial charge in [-0.15, -0.1) is 0 Å². The van der Waals surface area contributed by atoms with Crippen LogP contribution in [-0.2, 0) is 4.79 Å². The molecule has 2 rings (SSSR count). The Morgan fingerprint density at radius 1 is 1.44 bits per heavy atom. The second kappa shape index (κ2) is 4.43. The maximum Gasteiger partial charge on any atom is 0.260 e. The molecular formula is C12H16N2O2. The first kappa shape index (κ1) is 10.8. The SMILES string of the molecule is CC(Oc1ccc(N)cc1)C(=O)NC1CC1. The summed E-state index contributed by atoms with van der Waals surface area (Å²) in [7, 11) is 0. The normalized spacial score (nSPS) is 16.6. The predicted octanol–water partition coefficient (Wildman–Crippen LogP) is 1.31. The lowest BCUT2D eigenvalue weighted by Crippen LogP contribution is -2.37. The fraction of sp³-hybridized carbons (Fsp3) is 0.417. The number of ether oxygens (including phenoxy) is 1. The van der Waals surface area contributed by atoms with Gasteiger partial charge in [-0.1, -0.05) is 0 Å². The van der Waals surface area contributed by atoms with E-state index in [9.17, 15) is 4.79 Å². The number of benzene rings is 1. The number of nitrogens with one attached hydrogen (secondary N) is 1. The molecule has 0 aliphatic heterocycles. The highest BCUT2D eigenvalue weighted by Gasteiger charge is 2.26. The van der Waals surface area contributed by atoms with Crippen molar-refractivity contribution in [3.8, 4) is 5.75 Å². The molecule has 3 N–H and O–H groups in total. The van der Waals surface area contributed by atoms with Crippen molar-refractivity contribution in [1.82, 2.24) is 5.32 Å². The Kier molecular flexibility index (Phi) is 2.99. The zero-order valence-corrected chi connectivity index (χ0v) is 9.27. The summed E-state index contributed by atoms with van der Waals surface area (Å²) in [6.45, 7) is 1.74. The lowest BCUT2D eigenvalue weighted by atomic mass is 10.3. The van der Waals surface area contributed by atoms with Gasteiger partial charge in [0.05, 0.1) is 0 Å². The summed E-state index contributed by atoms with van der Waals surface area (Å²) in [5.74, 6) is 0.604. The van der Waals surface area contributed by atoms with Gasteiger partial charge in [-0.25, -0.2) is 0 Å². The minimum absolute atomic E-state index is 0.0562. The molecule has 1 aliphatic carbocycles. The molecule has 16 heavy (non-hydrogen) atoms. The summed E-state index contributed by atoms with van der Waals surface area (Å²) in [6, 6.07) is 7.39. The molecule has 1 amide bonds. The minimum Gasteiger partial charge on any atom is -0.481 e. The largest absolute Gasteiger partial charge is 0.481 e. The van der Waals surface area contributed by atoms with Crippen molar-refractivity contribution in [2.75, 3.05) is 5.73 Å². The van der Waals surface area contributed by atoms with Crippen LogP contribution in [0.5, 0.6) is 5.75 Å². The monoisotopic (exact) mass is 220 g/mol. The first-order chi connectivity index (χ1) is 7.65. The minimum atomic E-state index is -0.468. The van der Waals surface area contributed by atoms with E-state index in [2.05, 4.69) is 5.32 Å². The van der Waals surface area contributed by atoms with E-state index in [1.807, 2.05) is 0 Å². The van der Waals surface area contributed by atoms with Gasteiger partial charge in [-0.3, -0.25) is 4.79 Å². The Labute approximate surface area is 94.8 Å². The summed E-state index contributed by atoms with van der Waals surface area (Å²) in [5, 5.41) is 2.90. The zero-order chi connectivity index (χ0) is 11.5. The molecule has 0 aromatic heterocycles. The lowest BCUT2D eigenvalue weighted by Gasteiger charge is -2.14. The number of carbonyl (C=O) groups excluding carboxylic acids is 1. The van der Waals surface area contributed by atoms with Crippen LogP contribution in [0, 0.1) is 0 Å². The average Bonchev–Trinajstić information content (AvgIpc) is 3.05. The zero-order valence-electron chi connectivity index (χ0n) is 9.27. The predicted molar refractivity (Wildman–Crippen MR) is 62.1 cm³/mol. The van der Waals surface area contributed by atoms with E-state index in [0.29, 0.717) is 17.5 Å². The summed E-state index contributed by atoms with van der Waals surface area (Å²) in [6.07, 6.45) is 1.70. The van der Waals surface area contributed by atoms with Crippen molar-refractivity contribution in [2.24, 2.45) is 0 Å². The highest BCUT2D eigenvalue weighted by molar-refractivity contribution is 5.81. The first-order valence-corrected chi connectivity index (χ1v) is 5.48. The number of amides is 1. The van der Waals surface area contributed by atoms with E-state index < -0.39 is 6.10 Å². The van der Waals surface area contributed by atoms with Crippen molar-refractivity contribution in [3.63, 3.8) is 0 Å². The third-order valence-corrected chi connectivity index (χ3v) is 2.49. The molecule has 86 valence electrons. The summed E-state index contributed by atoms with van der Waals surface area (Å²) < 4.78 is 5.49. The first-order valence-electron chi connectivity index (χ1n) is 5.48. The molecule has 1 atom stereocenters. The van der Waals surface area contributed by atoms with Gasteiger partial charge in [-0.05, 0) is 44.0 Å². The summed E-state index contributed by atoms with van der Waals surface area (Å²) in [4.78, 5) is 11.6. The number of hydrogen-bond acceptors (Lipinski definition) is 3. The molecule has 1 aromatic rings. The van der Waals surface area contributed by atoms with Crippen molar-refractivity contribution in [1.29, 1.82) is 0 Å². The number of anilines is 1. The third kappa shape index (κ3) is 2.89. The number of hydrogen-bond donors (Lipinski definition) is 2. The molecule has 0 bridgehead atoms. The van der Waals surface area contributed by atoms with E-state index in [4.69, 9.17) is 10.5 Å². The summed E-state index contributed by atoms with van der Waals surface area (Å²) in [5.41, 5.74) is 6.24. The Hall–Kier alpha value is -1.71. The average molecular weight is 220 g/mol. The van der Waals surface area contributed by atoms with E-state index in [1.165, 1.54) is 0 Å². The van der Waals surface area contributed by atoms with Crippen LogP contribution in [0.3, 0.4) is 0 Å². The van der Waals surface area contributed by atoms with Crippen LogP contribution in [0.15, 0.2) is 24.3 Å². The third-order valence-electron chi connectivity index (χ3n) is 2.49. The van der Waals surface area contributed by atoms with Crippen LogP contribution >= 0.6 is 0 Å². The summed E-state index contributed by atoms with van der Waals surface area (Å²) >= 11 is 0. The van der Waals surface area contributed by atoms with Crippen LogP contribution in [-0.4, -0.2) is 18.1 Å². The number of nitrogens with two attached hydrogens (primary N) is 1. The highest BCUT2D eigenvalue weighted by atomic mass is 16.5. The number of rotatable bonds is 4. The maximum absolute atomic E-state index is 11.6. The van der Waals surface area contributed by atoms with Crippen molar-refractivity contribution in [3.05, 3.63) is 24.3 Å². The Morgan fingerprint density at radius 3 is 2.62 bits per heavy atom. The van der Waals surface area contributed by atoms with E-state index in [-0.39, 0.29) is 5.91 Å². The van der Waals surface area contributed by atoms with Crippen LogP contribution < -0.4 is 15.8 Å². The van der Waals surface area contributed by atoms with E-state index in [0.717, 1.165) is 12.8 Å². The van der Waals surface area contributed by atoms with Gasteiger partial charge >= 0.3 is 0 Å². The molecule has 1 unspecified atom stereocenters. The van der Waals surface area contributed by atoms with Crippen LogP contribution in [0.25, 0.3) is 0 Å². The van der Waals surface area contributed by atoms with Gasteiger partial charge < -0.3 is 15.8 Å². The van der Waals surface area contributed by atoms with E-state index in [1.54, 1.807) is 31.2 Å². The molecule has 4 nitrogen and oxygen atoms in total. The Morgan fingerprint density at radius 2 is 2.06 bits per heavy atom. The van der Waals surface area contributed by atoms with Gasteiger partial charge in [0.25, 0.3) is 5.91 Å². The molecule has 1 aliphatic rings. The van der Waals surface area contributed by atoms with Crippen molar-refractivity contribution >= 4 is 11.6 Å². The molecule has 1 fully saturated rings. The molecule has 0 radical (unpaired) electrons. The quantitative estimate of drug-likeness (QED) is 0.752. The Balaban J connectivity index is 1.87. The second-order valence-corrected chi connectivity index (χ2v) is 4.11. The molecule has 0 heterocycles. The number of carbonyl (C=O) groups is 1. The van der Waals surface area contributed by atoms with Crippen molar-refractivity contribution in [2.45, 2.75) is 31.9 Å². The fourth-order valence-corrected chi connectivity index (χ4v) is 1.35. The van der Waals surface area contributed by atoms with Gasteiger partial charge in [0, 0.05) is 11.7 Å². The molecule has 0 spiro atoms. The highest BCUT2D eigenvalue weighted by Crippen LogP contribution is 2.19. The van der Waals surface area contributed by atoms with E-state index >= 15 is 0 Å². The van der Waals surface area contributed by atoms with Crippen LogP contribution in [0.4, 0.5) is 5.69 Å². The lowest BCUT2D eigenvalue weighted by molar-refractivity contribution is -0.127. The van der Waals surface area contributed by atoms with Gasteiger partial charge in [0.1, 0.15) is 5.75 Å². The van der Waals surface area contributed by atoms with Crippen LogP contribution in [0.1, 0.15) is 19.8 Å². The second-order valence-electron chi connectivity index (χ2n) is 4.11. The molecule has 0 saturated heterocycles. The smallest absolute Gasteiger partial charge is 0.260 e. The molecule has 4 heteroatoms. The number of nitrogen functional groups attached to an aromatic ring is 1. The topological polar surface area (TPSA) is 64.3 Å². The molecule has 1 saturated carbocycles.